The van der Waals surface area contributed by atoms with Crippen molar-refractivity contribution in [2.45, 2.75) is 6.92 Å². The summed E-state index contributed by atoms with van der Waals surface area (Å²) >= 11 is 0. The summed E-state index contributed by atoms with van der Waals surface area (Å²) in [7, 11) is 0. The second-order valence-corrected chi connectivity index (χ2v) is 3.48. The molecule has 3 heterocycles. The second-order valence-electron chi connectivity index (χ2n) is 3.48. The molecule has 0 spiro atoms. The molecule has 3 aromatic rings. The van der Waals surface area contributed by atoms with E-state index in [1.54, 1.807) is 6.07 Å². The summed E-state index contributed by atoms with van der Waals surface area (Å²) in [6.45, 7) is 1.82. The predicted molar refractivity (Wildman–Crippen MR) is 58.3 cm³/mol. The largest absolute Gasteiger partial charge is 1.00 e. The third-order valence-electron chi connectivity index (χ3n) is 2.41. The van der Waals surface area contributed by atoms with Crippen molar-refractivity contribution in [3.05, 3.63) is 40.4 Å². The molecule has 0 atom stereocenters. The van der Waals surface area contributed by atoms with E-state index in [0.717, 1.165) is 5.56 Å². The average molecular weight is 267 g/mol. The number of rotatable bonds is 1. The maximum absolute atomic E-state index is 12.3. The zero-order valence-corrected chi connectivity index (χ0v) is 12.9. The molecular weight excluding hydrogens is 259 g/mol. The van der Waals surface area contributed by atoms with Gasteiger partial charge in [-0.25, -0.2) is 4.98 Å². The molecule has 0 aliphatic heterocycles. The van der Waals surface area contributed by atoms with Crippen molar-refractivity contribution in [2.24, 2.45) is 0 Å². The van der Waals surface area contributed by atoms with Crippen LogP contribution in [0.15, 0.2) is 29.3 Å². The van der Waals surface area contributed by atoms with Gasteiger partial charge in [0.1, 0.15) is 5.65 Å². The number of nitrogens with zero attached hydrogens (tertiary/aromatic N) is 6. The maximum atomic E-state index is 12.3. The van der Waals surface area contributed by atoms with Gasteiger partial charge in [0, 0.05) is 18.2 Å². The van der Waals surface area contributed by atoms with Crippen LogP contribution in [0, 0.1) is 6.92 Å². The summed E-state index contributed by atoms with van der Waals surface area (Å²) in [5, 5.41) is 13.9. The molecule has 0 radical (unpaired) electrons. The molecule has 3 aromatic heterocycles. The van der Waals surface area contributed by atoms with Crippen molar-refractivity contribution in [2.75, 3.05) is 0 Å². The first-order chi connectivity index (χ1) is 8.68. The topological polar surface area (TPSA) is 87.1 Å². The third kappa shape index (κ3) is 2.17. The number of hydrogen-bond acceptors (Lipinski definition) is 5. The van der Waals surface area contributed by atoms with Gasteiger partial charge < -0.3 is 5.10 Å². The standard InChI is InChI=1S/C10H7N6O.K/c1-6-3-2-4-16-9(6)11-5-7(10(16)17)8-12-14-15-13-8;/h2-5H,1H3;/q-1;+1/i4D;. The first-order valence-electron chi connectivity index (χ1n) is 5.35. The van der Waals surface area contributed by atoms with Crippen molar-refractivity contribution in [3.8, 4) is 11.4 Å². The molecule has 0 aliphatic carbocycles. The molecule has 0 aliphatic rings. The van der Waals surface area contributed by atoms with Gasteiger partial charge in [0.2, 0.25) is 0 Å². The van der Waals surface area contributed by atoms with E-state index in [1.807, 2.05) is 6.92 Å². The van der Waals surface area contributed by atoms with Crippen LogP contribution in [-0.2, 0) is 0 Å². The Morgan fingerprint density at radius 2 is 2.33 bits per heavy atom. The van der Waals surface area contributed by atoms with Crippen LogP contribution < -0.4 is 62.0 Å². The van der Waals surface area contributed by atoms with Crippen molar-refractivity contribution < 1.29 is 52.8 Å². The van der Waals surface area contributed by atoms with E-state index in [4.69, 9.17) is 1.37 Å². The molecule has 0 bridgehead atoms. The minimum atomic E-state index is -0.400. The predicted octanol–water partition coefficient (Wildman–Crippen LogP) is -3.18. The van der Waals surface area contributed by atoms with Crippen LogP contribution in [0.25, 0.3) is 17.0 Å². The fourth-order valence-corrected chi connectivity index (χ4v) is 1.57. The van der Waals surface area contributed by atoms with Gasteiger partial charge in [-0.3, -0.25) is 19.5 Å². The monoisotopic (exact) mass is 267 g/mol. The first kappa shape index (κ1) is 12.1. The van der Waals surface area contributed by atoms with Gasteiger partial charge in [-0.05, 0) is 18.6 Å². The minimum absolute atomic E-state index is 0. The van der Waals surface area contributed by atoms with E-state index in [0.29, 0.717) is 5.65 Å². The van der Waals surface area contributed by atoms with Gasteiger partial charge in [-0.2, -0.15) is 5.21 Å². The third-order valence-corrected chi connectivity index (χ3v) is 2.41. The van der Waals surface area contributed by atoms with Gasteiger partial charge >= 0.3 is 51.4 Å². The molecule has 0 N–H and O–H groups in total. The summed E-state index contributed by atoms with van der Waals surface area (Å²) in [4.78, 5) is 16.4. The average Bonchev–Trinajstić information content (AvgIpc) is 2.87. The SMILES string of the molecule is [2H]c1ccc(C)c2ncc(-c3nnn[n-]3)c(=O)n12.[K+]. The molecule has 0 amide bonds. The normalized spacial score (nSPS) is 11.1. The van der Waals surface area contributed by atoms with E-state index >= 15 is 0 Å². The van der Waals surface area contributed by atoms with E-state index < -0.39 is 5.56 Å². The molecule has 84 valence electrons. The first-order valence-corrected chi connectivity index (χ1v) is 4.85. The molecule has 0 saturated heterocycles. The van der Waals surface area contributed by atoms with Gasteiger partial charge in [0.15, 0.2) is 0 Å². The Morgan fingerprint density at radius 1 is 1.50 bits per heavy atom. The molecule has 18 heavy (non-hydrogen) atoms. The Labute approximate surface area is 145 Å². The minimum Gasteiger partial charge on any atom is -0.330 e. The molecule has 3 rings (SSSR count). The summed E-state index contributed by atoms with van der Waals surface area (Å²) < 4.78 is 8.98. The van der Waals surface area contributed by atoms with Crippen LogP contribution in [0.2, 0.25) is 0 Å². The Hall–Kier alpha value is -0.934. The Bertz CT molecular complexity index is 785. The van der Waals surface area contributed by atoms with E-state index in [1.165, 1.54) is 16.7 Å². The van der Waals surface area contributed by atoms with E-state index in [9.17, 15) is 4.79 Å². The summed E-state index contributed by atoms with van der Waals surface area (Å²) in [5.74, 6) is 0.114. The van der Waals surface area contributed by atoms with E-state index in [-0.39, 0.29) is 68.9 Å². The molecule has 0 fully saturated rings. The summed E-state index contributed by atoms with van der Waals surface area (Å²) in [6.07, 6.45) is 1.44. The van der Waals surface area contributed by atoms with Crippen LogP contribution in [0.3, 0.4) is 0 Å². The molecule has 8 heteroatoms. The molecule has 0 unspecified atom stereocenters. The van der Waals surface area contributed by atoms with Gasteiger partial charge in [-0.1, -0.05) is 6.07 Å². The zero-order valence-electron chi connectivity index (χ0n) is 10.8. The number of tetrazole rings is 1. The van der Waals surface area contributed by atoms with Crippen molar-refractivity contribution in [1.82, 2.24) is 30.0 Å². The van der Waals surface area contributed by atoms with Crippen LogP contribution in [0.5, 0.6) is 0 Å². The molecule has 0 saturated carbocycles. The fraction of sp³-hybridized carbons (Fsp3) is 0.100. The van der Waals surface area contributed by atoms with Crippen LogP contribution in [0.4, 0.5) is 0 Å². The Balaban J connectivity index is 0.00000133. The number of aromatic nitrogens is 6. The molecular formula is C10H7KN6O. The number of pyridine rings is 1. The molecule has 7 nitrogen and oxygen atoms in total. The van der Waals surface area contributed by atoms with Crippen LogP contribution in [0.1, 0.15) is 6.93 Å². The van der Waals surface area contributed by atoms with Gasteiger partial charge in [0.25, 0.3) is 5.56 Å². The maximum Gasteiger partial charge on any atom is 1.00 e. The second kappa shape index (κ2) is 5.37. The van der Waals surface area contributed by atoms with Crippen molar-refractivity contribution in [1.29, 1.82) is 0 Å². The Kier molecular flexibility index (Phi) is 3.61. The number of aryl methyl sites for hydroxylation is 1. The van der Waals surface area contributed by atoms with Crippen LogP contribution >= 0.6 is 0 Å². The van der Waals surface area contributed by atoms with Crippen molar-refractivity contribution in [3.63, 3.8) is 0 Å². The molecule has 0 aromatic carbocycles. The van der Waals surface area contributed by atoms with Gasteiger partial charge in [0.05, 0.1) is 6.93 Å². The quantitative estimate of drug-likeness (QED) is 0.432. The van der Waals surface area contributed by atoms with Gasteiger partial charge in [-0.15, -0.1) is 0 Å². The van der Waals surface area contributed by atoms with Crippen molar-refractivity contribution >= 4 is 5.65 Å². The number of hydrogen-bond donors (Lipinski definition) is 0. The smallest absolute Gasteiger partial charge is 0.330 e. The fourth-order valence-electron chi connectivity index (χ4n) is 1.57. The Morgan fingerprint density at radius 3 is 3.06 bits per heavy atom. The number of fused-ring (bicyclic) bond motifs is 1. The van der Waals surface area contributed by atoms with E-state index in [2.05, 4.69) is 25.6 Å². The summed E-state index contributed by atoms with van der Waals surface area (Å²) in [5.41, 5.74) is 1.04. The summed E-state index contributed by atoms with van der Waals surface area (Å²) in [6, 6.07) is 3.28. The zero-order chi connectivity index (χ0) is 12.7. The van der Waals surface area contributed by atoms with Crippen LogP contribution in [-0.4, -0.2) is 24.9 Å².